The predicted molar refractivity (Wildman–Crippen MR) is 278 cm³/mol. The Hall–Kier alpha value is -6.36. The van der Waals surface area contributed by atoms with Gasteiger partial charge in [-0.05, 0) is 111 Å². The third-order valence-electron chi connectivity index (χ3n) is 11.3. The Morgan fingerprint density at radius 2 is 1.25 bits per heavy atom. The molecule has 0 bridgehead atoms. The second kappa shape index (κ2) is 30.8. The minimum Gasteiger partial charge on any atom is -0.393 e. The average Bonchev–Trinajstić information content (AvgIpc) is 3.68. The highest BCUT2D eigenvalue weighted by atomic mass is 19.1. The fourth-order valence-electron chi connectivity index (χ4n) is 7.81. The van der Waals surface area contributed by atoms with E-state index in [2.05, 4.69) is 84.4 Å². The van der Waals surface area contributed by atoms with E-state index in [9.17, 15) is 29.0 Å². The van der Waals surface area contributed by atoms with Crippen LogP contribution in [-0.2, 0) is 16.1 Å². The number of likely N-dealkylation sites (N-methyl/N-ethyl adjacent to an activating group) is 1. The number of allylic oxidation sites excluding steroid dienone is 12. The Morgan fingerprint density at radius 1 is 0.706 bits per heavy atom. The molecule has 0 unspecified atom stereocenters. The fraction of sp³-hybridized carbons (Fsp3) is 0.362. The Bertz CT molecular complexity index is 2310. The minimum absolute atomic E-state index is 0.0207. The van der Waals surface area contributed by atoms with Gasteiger partial charge in [0.05, 0.1) is 29.9 Å². The molecular formula is C58H73FN4O5. The van der Waals surface area contributed by atoms with Gasteiger partial charge in [0, 0.05) is 50.0 Å². The Kier molecular flexibility index (Phi) is 24.6. The van der Waals surface area contributed by atoms with Crippen molar-refractivity contribution in [1.29, 1.82) is 0 Å². The monoisotopic (exact) mass is 925 g/mol. The number of amides is 3. The summed E-state index contributed by atoms with van der Waals surface area (Å²) < 4.78 is 16.3. The van der Waals surface area contributed by atoms with Crippen molar-refractivity contribution in [3.05, 3.63) is 175 Å². The van der Waals surface area contributed by atoms with E-state index in [0.29, 0.717) is 47.5 Å². The number of carbonyl (C=O) groups is 3. The largest absolute Gasteiger partial charge is 0.393 e. The standard InChI is InChI=1S/C58H73FN4O5/c1-5-6-7-8-9-10-11-12-13-14-15-16-17-18-19-20-21-22-29-34-53(67)62(4)42-40-60-52(66)44-51(65)43-50(64)39-41-63-56(45(2)3)55(58(68)61-49-32-27-24-28-33-49)54(46-30-25-23-26-31-46)57(63)47-35-37-48(59)38-36-47/h6-7,9-10,12-13,15-16,18-19,21-28,30-33,35-38,45,50-51,64-65H,5,8,11,14,17,20,29,34,39-44H2,1-4H3,(H,60,66)(H,61,68)/b7-6-,10-9-,13-12-,16-15-,19-18-,22-21-/t50-,51-/m1/s1. The number of aliphatic hydroxyl groups excluding tert-OH is 2. The summed E-state index contributed by atoms with van der Waals surface area (Å²) in [5.74, 6) is -1.21. The van der Waals surface area contributed by atoms with Crippen molar-refractivity contribution in [3.8, 4) is 22.4 Å². The number of hydrogen-bond acceptors (Lipinski definition) is 5. The highest BCUT2D eigenvalue weighted by molar-refractivity contribution is 6.12. The molecule has 1 aromatic heterocycles. The molecule has 4 aromatic rings. The molecule has 3 aromatic carbocycles. The molecule has 0 fully saturated rings. The van der Waals surface area contributed by atoms with Crippen molar-refractivity contribution in [1.82, 2.24) is 14.8 Å². The van der Waals surface area contributed by atoms with Gasteiger partial charge in [-0.1, -0.05) is 142 Å². The van der Waals surface area contributed by atoms with Gasteiger partial charge < -0.3 is 30.3 Å². The van der Waals surface area contributed by atoms with Crippen molar-refractivity contribution < 1.29 is 29.0 Å². The molecule has 2 atom stereocenters. The van der Waals surface area contributed by atoms with Crippen molar-refractivity contribution in [2.75, 3.05) is 25.5 Å². The van der Waals surface area contributed by atoms with Crippen LogP contribution in [0.25, 0.3) is 22.4 Å². The van der Waals surface area contributed by atoms with Gasteiger partial charge in [-0.15, -0.1) is 0 Å². The highest BCUT2D eigenvalue weighted by Gasteiger charge is 2.31. The third-order valence-corrected chi connectivity index (χ3v) is 11.3. The van der Waals surface area contributed by atoms with Gasteiger partial charge >= 0.3 is 0 Å². The Labute approximate surface area is 404 Å². The van der Waals surface area contributed by atoms with Gasteiger partial charge in [-0.25, -0.2) is 4.39 Å². The maximum absolute atomic E-state index is 14.3. The van der Waals surface area contributed by atoms with Crippen LogP contribution in [0.15, 0.2) is 158 Å². The van der Waals surface area contributed by atoms with Gasteiger partial charge in [0.25, 0.3) is 5.91 Å². The number of carbonyl (C=O) groups excluding carboxylic acids is 3. The smallest absolute Gasteiger partial charge is 0.258 e. The maximum Gasteiger partial charge on any atom is 0.258 e. The molecule has 0 aliphatic carbocycles. The SMILES string of the molecule is CC/C=C\C/C=C\C/C=C\C/C=C\C/C=C\C/C=C\CCC(=O)N(C)CCNC(=O)C[C@H](O)C[C@H](O)CCn1c(-c2ccc(F)cc2)c(-c2ccccc2)c(C(=O)Nc2ccccc2)c1C(C)C. The lowest BCUT2D eigenvalue weighted by Crippen LogP contribution is -2.37. The quantitative estimate of drug-likeness (QED) is 0.0404. The highest BCUT2D eigenvalue weighted by Crippen LogP contribution is 2.42. The first kappa shape index (κ1) is 54.2. The van der Waals surface area contributed by atoms with Crippen molar-refractivity contribution in [2.45, 2.75) is 116 Å². The van der Waals surface area contributed by atoms with Crippen molar-refractivity contribution in [3.63, 3.8) is 0 Å². The van der Waals surface area contributed by atoms with Crippen LogP contribution >= 0.6 is 0 Å². The average molecular weight is 925 g/mol. The topological polar surface area (TPSA) is 124 Å². The van der Waals surface area contributed by atoms with Crippen molar-refractivity contribution >= 4 is 23.4 Å². The van der Waals surface area contributed by atoms with Crippen LogP contribution < -0.4 is 10.6 Å². The molecule has 0 saturated carbocycles. The van der Waals surface area contributed by atoms with Gasteiger partial charge in [-0.3, -0.25) is 14.4 Å². The second-order valence-electron chi connectivity index (χ2n) is 17.1. The first-order chi connectivity index (χ1) is 33.0. The van der Waals surface area contributed by atoms with Crippen LogP contribution in [0.4, 0.5) is 10.1 Å². The first-order valence-corrected chi connectivity index (χ1v) is 24.2. The number of halogens is 1. The van der Waals surface area contributed by atoms with Crippen LogP contribution in [0, 0.1) is 5.82 Å². The molecule has 0 aliphatic heterocycles. The molecule has 0 aliphatic rings. The summed E-state index contributed by atoms with van der Waals surface area (Å²) in [5, 5.41) is 28.0. The molecule has 0 saturated heterocycles. The molecule has 10 heteroatoms. The number of nitrogens with one attached hydrogen (secondary N) is 2. The van der Waals surface area contributed by atoms with Gasteiger partial charge in [0.1, 0.15) is 5.82 Å². The molecular weight excluding hydrogens is 852 g/mol. The molecule has 68 heavy (non-hydrogen) atoms. The number of anilines is 1. The number of nitrogens with zero attached hydrogens (tertiary/aromatic N) is 2. The number of hydrogen-bond donors (Lipinski definition) is 4. The van der Waals surface area contributed by atoms with Gasteiger partial charge in [-0.2, -0.15) is 0 Å². The third kappa shape index (κ3) is 19.1. The zero-order chi connectivity index (χ0) is 48.9. The lowest BCUT2D eigenvalue weighted by atomic mass is 9.94. The number of aliphatic hydroxyl groups is 2. The molecule has 4 N–H and O–H groups in total. The van der Waals surface area contributed by atoms with E-state index in [1.165, 1.54) is 12.1 Å². The molecule has 4 rings (SSSR count). The van der Waals surface area contributed by atoms with Crippen molar-refractivity contribution in [2.24, 2.45) is 0 Å². The zero-order valence-electron chi connectivity index (χ0n) is 40.5. The van der Waals surface area contributed by atoms with E-state index < -0.39 is 12.2 Å². The molecule has 0 radical (unpaired) electrons. The maximum atomic E-state index is 14.3. The molecule has 0 spiro atoms. The predicted octanol–water partition coefficient (Wildman–Crippen LogP) is 12.3. The Balaban J connectivity index is 1.23. The van der Waals surface area contributed by atoms with Gasteiger partial charge in [0.2, 0.25) is 11.8 Å². The van der Waals surface area contributed by atoms with E-state index in [1.54, 1.807) is 24.1 Å². The first-order valence-electron chi connectivity index (χ1n) is 24.2. The molecule has 9 nitrogen and oxygen atoms in total. The van der Waals surface area contributed by atoms with E-state index in [-0.39, 0.29) is 61.8 Å². The molecule has 3 amide bonds. The van der Waals surface area contributed by atoms with Crippen LogP contribution in [-0.4, -0.2) is 69.7 Å². The van der Waals surface area contributed by atoms with Crippen LogP contribution in [0.3, 0.4) is 0 Å². The van der Waals surface area contributed by atoms with Crippen LogP contribution in [0.5, 0.6) is 0 Å². The lowest BCUT2D eigenvalue weighted by molar-refractivity contribution is -0.130. The molecule has 1 heterocycles. The summed E-state index contributed by atoms with van der Waals surface area (Å²) in [4.78, 5) is 41.4. The summed E-state index contributed by atoms with van der Waals surface area (Å²) in [7, 11) is 1.71. The molecule has 362 valence electrons. The summed E-state index contributed by atoms with van der Waals surface area (Å²) >= 11 is 0. The summed E-state index contributed by atoms with van der Waals surface area (Å²) in [6, 6.07) is 25.0. The number of aromatic nitrogens is 1. The van der Waals surface area contributed by atoms with Crippen LogP contribution in [0.1, 0.15) is 113 Å². The minimum atomic E-state index is -1.11. The van der Waals surface area contributed by atoms with Gasteiger partial charge in [0.15, 0.2) is 0 Å². The van der Waals surface area contributed by atoms with E-state index in [4.69, 9.17) is 0 Å². The number of benzene rings is 3. The van der Waals surface area contributed by atoms with E-state index >= 15 is 0 Å². The fourth-order valence-corrected chi connectivity index (χ4v) is 7.81. The number of para-hydroxylation sites is 1. The van der Waals surface area contributed by atoms with Crippen LogP contribution in [0.2, 0.25) is 0 Å². The lowest BCUT2D eigenvalue weighted by Gasteiger charge is -2.20. The van der Waals surface area contributed by atoms with E-state index in [1.807, 2.05) is 85.2 Å². The second-order valence-corrected chi connectivity index (χ2v) is 17.1. The summed E-state index contributed by atoms with van der Waals surface area (Å²) in [6.45, 7) is 7.00. The summed E-state index contributed by atoms with van der Waals surface area (Å²) in [6.07, 6.45) is 30.3. The number of rotatable bonds is 29. The Morgan fingerprint density at radius 3 is 1.81 bits per heavy atom. The van der Waals surface area contributed by atoms with E-state index in [0.717, 1.165) is 49.8 Å². The zero-order valence-corrected chi connectivity index (χ0v) is 40.5. The summed E-state index contributed by atoms with van der Waals surface area (Å²) in [5.41, 5.74) is 4.79. The normalized spacial score (nSPS) is 13.0.